The van der Waals surface area contributed by atoms with Crippen molar-refractivity contribution in [3.05, 3.63) is 70.6 Å². The molecular weight excluding hydrogens is 613 g/mol. The van der Waals surface area contributed by atoms with E-state index in [1.165, 1.54) is 18.9 Å². The Labute approximate surface area is 266 Å². The van der Waals surface area contributed by atoms with E-state index in [1.807, 2.05) is 12.1 Å². The van der Waals surface area contributed by atoms with Gasteiger partial charge < -0.3 is 14.2 Å². The van der Waals surface area contributed by atoms with Crippen LogP contribution in [0, 0.1) is 41.1 Å². The molecule has 0 amide bonds. The van der Waals surface area contributed by atoms with Gasteiger partial charge in [0.2, 0.25) is 0 Å². The molecule has 0 unspecified atom stereocenters. The highest BCUT2D eigenvalue weighted by atomic mass is 19.3. The highest BCUT2D eigenvalue weighted by Crippen LogP contribution is 2.47. The second-order valence-electron chi connectivity index (χ2n) is 13.3. The lowest BCUT2D eigenvalue weighted by molar-refractivity contribution is -0.224. The van der Waals surface area contributed by atoms with Gasteiger partial charge in [-0.25, -0.2) is 13.2 Å². The molecule has 3 aliphatic rings. The molecular formula is C36H43F7O3. The van der Waals surface area contributed by atoms with Crippen molar-refractivity contribution in [3.8, 4) is 5.75 Å². The van der Waals surface area contributed by atoms with Crippen LogP contribution in [-0.2, 0) is 9.47 Å². The van der Waals surface area contributed by atoms with Crippen molar-refractivity contribution < 1.29 is 44.9 Å². The number of halogens is 7. The minimum absolute atomic E-state index is 0.0000918. The van der Waals surface area contributed by atoms with E-state index in [9.17, 15) is 26.3 Å². The first-order valence-corrected chi connectivity index (χ1v) is 16.6. The minimum atomic E-state index is -3.67. The van der Waals surface area contributed by atoms with E-state index < -0.39 is 47.3 Å². The Hall–Kier alpha value is -2.59. The topological polar surface area (TPSA) is 27.7 Å². The van der Waals surface area contributed by atoms with Crippen LogP contribution >= 0.6 is 0 Å². The number of ether oxygens (including phenoxy) is 3. The van der Waals surface area contributed by atoms with Crippen LogP contribution in [0.15, 0.2) is 36.4 Å². The molecule has 0 N–H and O–H groups in total. The molecule has 1 saturated heterocycles. The van der Waals surface area contributed by atoms with Crippen LogP contribution in [0.3, 0.4) is 0 Å². The fraction of sp³-hybridized carbons (Fsp3) is 0.611. The summed E-state index contributed by atoms with van der Waals surface area (Å²) >= 11 is 0. The fourth-order valence-corrected chi connectivity index (χ4v) is 7.54. The molecule has 0 aromatic heterocycles. The smallest absolute Gasteiger partial charge is 0.400 e. The number of unbranched alkanes of at least 4 members (excludes halogenated alkanes) is 2. The lowest BCUT2D eigenvalue weighted by atomic mass is 9.68. The molecule has 5 rings (SSSR count). The van der Waals surface area contributed by atoms with Gasteiger partial charge in [0.25, 0.3) is 6.08 Å². The van der Waals surface area contributed by atoms with Crippen LogP contribution in [0.1, 0.15) is 113 Å². The van der Waals surface area contributed by atoms with Crippen molar-refractivity contribution in [1.29, 1.82) is 0 Å². The first kappa shape index (κ1) is 34.7. The number of alkyl halides is 2. The zero-order valence-corrected chi connectivity index (χ0v) is 26.2. The van der Waals surface area contributed by atoms with E-state index in [-0.39, 0.29) is 36.6 Å². The van der Waals surface area contributed by atoms with Crippen LogP contribution in [0.5, 0.6) is 5.75 Å². The second kappa shape index (κ2) is 15.5. The summed E-state index contributed by atoms with van der Waals surface area (Å²) in [5, 5.41) is 0. The molecule has 3 nitrogen and oxygen atoms in total. The number of hydrogen-bond donors (Lipinski definition) is 0. The molecule has 2 saturated carbocycles. The molecule has 0 radical (unpaired) electrons. The Morgan fingerprint density at radius 3 is 2.00 bits per heavy atom. The molecule has 0 atom stereocenters. The van der Waals surface area contributed by atoms with Gasteiger partial charge in [-0.3, -0.25) is 0 Å². The third-order valence-electron chi connectivity index (χ3n) is 10.2. The van der Waals surface area contributed by atoms with Gasteiger partial charge in [0.05, 0.1) is 24.7 Å². The Balaban J connectivity index is 1.08. The molecule has 0 bridgehead atoms. The molecule has 2 aromatic carbocycles. The highest BCUT2D eigenvalue weighted by molar-refractivity contribution is 5.53. The van der Waals surface area contributed by atoms with Gasteiger partial charge in [-0.15, -0.1) is 0 Å². The van der Waals surface area contributed by atoms with Crippen LogP contribution in [0.2, 0.25) is 0 Å². The predicted molar refractivity (Wildman–Crippen MR) is 161 cm³/mol. The summed E-state index contributed by atoms with van der Waals surface area (Å²) in [7, 11) is 0. The van der Waals surface area contributed by atoms with E-state index in [0.29, 0.717) is 61.2 Å². The minimum Gasteiger partial charge on any atom is -0.432 e. The summed E-state index contributed by atoms with van der Waals surface area (Å²) < 4.78 is 115. The first-order chi connectivity index (χ1) is 22.0. The van der Waals surface area contributed by atoms with Gasteiger partial charge in [0.1, 0.15) is 23.2 Å². The Kier molecular flexibility index (Phi) is 11.7. The number of rotatable bonds is 11. The van der Waals surface area contributed by atoms with Crippen LogP contribution in [0.4, 0.5) is 30.7 Å². The number of hydrogen-bond acceptors (Lipinski definition) is 3. The van der Waals surface area contributed by atoms with Gasteiger partial charge in [-0.05, 0) is 87.2 Å². The first-order valence-electron chi connectivity index (χ1n) is 16.6. The molecule has 254 valence electrons. The standard InChI is InChI=1S/C36H43F7O3/c1-2-3-4-5-22-20-44-35(45-21-22)26-12-15-29(31(37)16-26)25-8-6-23(7-9-25)24-10-13-27(14-11-24)36(42,43)46-28-17-32(38)30(19-34(40)41)33(39)18-28/h12,15-19,22-25,27,35H,2-11,13-14,20-21H2,1H3. The zero-order chi connectivity index (χ0) is 32.8. The molecule has 2 aromatic rings. The van der Waals surface area contributed by atoms with Crippen LogP contribution < -0.4 is 4.74 Å². The van der Waals surface area contributed by atoms with Gasteiger partial charge in [-0.2, -0.15) is 17.6 Å². The average Bonchev–Trinajstić information content (AvgIpc) is 3.03. The largest absolute Gasteiger partial charge is 0.432 e. The summed E-state index contributed by atoms with van der Waals surface area (Å²) in [6.07, 6.45) is 3.04. The van der Waals surface area contributed by atoms with Crippen molar-refractivity contribution >= 4 is 6.08 Å². The van der Waals surface area contributed by atoms with E-state index in [2.05, 4.69) is 6.92 Å². The average molecular weight is 657 g/mol. The van der Waals surface area contributed by atoms with Crippen molar-refractivity contribution in [2.45, 2.75) is 102 Å². The van der Waals surface area contributed by atoms with E-state index in [1.54, 1.807) is 0 Å². The predicted octanol–water partition coefficient (Wildman–Crippen LogP) is 11.3. The summed E-state index contributed by atoms with van der Waals surface area (Å²) in [5.41, 5.74) is 0.374. The zero-order valence-electron chi connectivity index (χ0n) is 26.2. The Bertz CT molecular complexity index is 1300. The van der Waals surface area contributed by atoms with Gasteiger partial charge in [0.15, 0.2) is 6.29 Å². The SMILES string of the molecule is CCCCCC1COC(c2ccc(C3CCC(C4CCC(C(F)(F)Oc5cc(F)c(C=C(F)F)c(F)c5)CC4)CC3)c(F)c2)OC1. The highest BCUT2D eigenvalue weighted by Gasteiger charge is 2.45. The van der Waals surface area contributed by atoms with Gasteiger partial charge >= 0.3 is 6.11 Å². The maximum absolute atomic E-state index is 15.3. The van der Waals surface area contributed by atoms with Crippen LogP contribution in [0.25, 0.3) is 6.08 Å². The van der Waals surface area contributed by atoms with Crippen molar-refractivity contribution in [3.63, 3.8) is 0 Å². The quantitative estimate of drug-likeness (QED) is 0.178. The third-order valence-corrected chi connectivity index (χ3v) is 10.2. The fourth-order valence-electron chi connectivity index (χ4n) is 7.54. The maximum atomic E-state index is 15.3. The Morgan fingerprint density at radius 1 is 0.826 bits per heavy atom. The molecule has 1 heterocycles. The van der Waals surface area contributed by atoms with Crippen molar-refractivity contribution in [2.75, 3.05) is 13.2 Å². The molecule has 2 aliphatic carbocycles. The molecule has 10 heteroatoms. The molecule has 3 fully saturated rings. The molecule has 46 heavy (non-hydrogen) atoms. The summed E-state index contributed by atoms with van der Waals surface area (Å²) in [4.78, 5) is 0. The second-order valence-corrected chi connectivity index (χ2v) is 13.3. The van der Waals surface area contributed by atoms with Gasteiger partial charge in [-0.1, -0.05) is 38.3 Å². The maximum Gasteiger partial charge on any atom is 0.400 e. The summed E-state index contributed by atoms with van der Waals surface area (Å²) in [5.74, 6) is -3.84. The monoisotopic (exact) mass is 656 g/mol. The molecule has 1 aliphatic heterocycles. The summed E-state index contributed by atoms with van der Waals surface area (Å²) in [6.45, 7) is 3.41. The lowest BCUT2D eigenvalue weighted by Gasteiger charge is -2.39. The van der Waals surface area contributed by atoms with E-state index in [4.69, 9.17) is 14.2 Å². The van der Waals surface area contributed by atoms with Gasteiger partial charge in [0, 0.05) is 29.7 Å². The Morgan fingerprint density at radius 2 is 1.43 bits per heavy atom. The van der Waals surface area contributed by atoms with E-state index in [0.717, 1.165) is 38.5 Å². The normalized spacial score (nSPS) is 27.3. The summed E-state index contributed by atoms with van der Waals surface area (Å²) in [6, 6.07) is 6.27. The number of benzene rings is 2. The third kappa shape index (κ3) is 8.65. The van der Waals surface area contributed by atoms with Crippen molar-refractivity contribution in [1.82, 2.24) is 0 Å². The van der Waals surface area contributed by atoms with Crippen molar-refractivity contribution in [2.24, 2.45) is 23.7 Å². The van der Waals surface area contributed by atoms with Crippen LogP contribution in [-0.4, -0.2) is 19.3 Å². The molecule has 0 spiro atoms. The van der Waals surface area contributed by atoms with E-state index >= 15 is 4.39 Å². The lowest BCUT2D eigenvalue weighted by Crippen LogP contribution is -2.38.